The first-order valence-electron chi connectivity index (χ1n) is 7.94. The predicted molar refractivity (Wildman–Crippen MR) is 89.2 cm³/mol. The van der Waals surface area contributed by atoms with E-state index in [0.717, 1.165) is 23.3 Å². The second kappa shape index (κ2) is 7.10. The second-order valence-corrected chi connectivity index (χ2v) is 6.54. The summed E-state index contributed by atoms with van der Waals surface area (Å²) in [6.07, 6.45) is 0. The van der Waals surface area contributed by atoms with Crippen LogP contribution >= 0.6 is 0 Å². The van der Waals surface area contributed by atoms with E-state index in [1.165, 1.54) is 0 Å². The minimum atomic E-state index is 0.0809. The Kier molecular flexibility index (Phi) is 5.43. The van der Waals surface area contributed by atoms with Gasteiger partial charge in [0.1, 0.15) is 11.3 Å². The second-order valence-electron chi connectivity index (χ2n) is 6.54. The highest BCUT2D eigenvalue weighted by Gasteiger charge is 2.20. The van der Waals surface area contributed by atoms with Gasteiger partial charge in [0, 0.05) is 11.9 Å². The van der Waals surface area contributed by atoms with Crippen LogP contribution < -0.4 is 11.1 Å². The maximum atomic E-state index is 5.94. The Labute approximate surface area is 127 Å². The van der Waals surface area contributed by atoms with E-state index < -0.39 is 0 Å². The molecule has 1 heterocycles. The zero-order valence-corrected chi connectivity index (χ0v) is 13.6. The van der Waals surface area contributed by atoms with Crippen molar-refractivity contribution < 1.29 is 4.42 Å². The van der Waals surface area contributed by atoms with Crippen molar-refractivity contribution in [1.82, 2.24) is 5.32 Å². The molecule has 2 aromatic rings. The quantitative estimate of drug-likeness (QED) is 0.811. The van der Waals surface area contributed by atoms with E-state index in [2.05, 4.69) is 45.1 Å². The van der Waals surface area contributed by atoms with Crippen molar-refractivity contribution in [3.05, 3.63) is 36.1 Å². The van der Waals surface area contributed by atoms with Crippen molar-refractivity contribution in [1.29, 1.82) is 0 Å². The highest BCUT2D eigenvalue weighted by Crippen LogP contribution is 2.25. The van der Waals surface area contributed by atoms with E-state index in [0.29, 0.717) is 24.3 Å². The molecule has 3 heteroatoms. The van der Waals surface area contributed by atoms with E-state index in [9.17, 15) is 0 Å². The molecule has 0 fully saturated rings. The van der Waals surface area contributed by atoms with Crippen molar-refractivity contribution in [3.63, 3.8) is 0 Å². The number of furan rings is 1. The third-order valence-electron chi connectivity index (χ3n) is 4.34. The molecule has 0 saturated carbocycles. The molecule has 0 spiro atoms. The lowest BCUT2D eigenvalue weighted by Gasteiger charge is -2.27. The van der Waals surface area contributed by atoms with Crippen LogP contribution in [0.25, 0.3) is 11.0 Å². The van der Waals surface area contributed by atoms with Gasteiger partial charge >= 0.3 is 0 Å². The van der Waals surface area contributed by atoms with E-state index in [-0.39, 0.29) is 6.04 Å². The molecule has 3 N–H and O–H groups in total. The van der Waals surface area contributed by atoms with Gasteiger partial charge in [-0.05, 0) is 36.4 Å². The zero-order chi connectivity index (χ0) is 15.4. The molecule has 0 aliphatic heterocycles. The summed E-state index contributed by atoms with van der Waals surface area (Å²) in [4.78, 5) is 0. The minimum Gasteiger partial charge on any atom is -0.459 e. The van der Waals surface area contributed by atoms with Gasteiger partial charge in [-0.1, -0.05) is 45.9 Å². The Morgan fingerprint density at radius 2 is 1.76 bits per heavy atom. The van der Waals surface area contributed by atoms with Gasteiger partial charge in [-0.2, -0.15) is 0 Å². The van der Waals surface area contributed by atoms with Crippen LogP contribution in [0.3, 0.4) is 0 Å². The SMILES string of the molecule is CC(C)C(CNC(CN)c1cc2ccccc2o1)C(C)C. The highest BCUT2D eigenvalue weighted by atomic mass is 16.3. The van der Waals surface area contributed by atoms with Gasteiger partial charge in [0.2, 0.25) is 0 Å². The first-order chi connectivity index (χ1) is 10.0. The van der Waals surface area contributed by atoms with Crippen molar-refractivity contribution in [3.8, 4) is 0 Å². The fourth-order valence-corrected chi connectivity index (χ4v) is 2.99. The van der Waals surface area contributed by atoms with Crippen LogP contribution in [0.15, 0.2) is 34.7 Å². The molecule has 0 amide bonds. The summed E-state index contributed by atoms with van der Waals surface area (Å²) < 4.78 is 5.93. The molecule has 2 rings (SSSR count). The van der Waals surface area contributed by atoms with Gasteiger partial charge in [0.15, 0.2) is 0 Å². The van der Waals surface area contributed by atoms with Gasteiger partial charge < -0.3 is 15.5 Å². The van der Waals surface area contributed by atoms with E-state index in [4.69, 9.17) is 10.2 Å². The lowest BCUT2D eigenvalue weighted by molar-refractivity contribution is 0.261. The summed E-state index contributed by atoms with van der Waals surface area (Å²) in [5.41, 5.74) is 6.87. The summed E-state index contributed by atoms with van der Waals surface area (Å²) in [6, 6.07) is 10.3. The lowest BCUT2D eigenvalue weighted by Crippen LogP contribution is -2.35. The normalized spacial score (nSPS) is 13.7. The van der Waals surface area contributed by atoms with Crippen LogP contribution in [-0.2, 0) is 0 Å². The Morgan fingerprint density at radius 1 is 1.10 bits per heavy atom. The average Bonchev–Trinajstić information content (AvgIpc) is 2.86. The molecule has 0 aliphatic rings. The number of fused-ring (bicyclic) bond motifs is 1. The summed E-state index contributed by atoms with van der Waals surface area (Å²) in [7, 11) is 0. The van der Waals surface area contributed by atoms with Crippen LogP contribution in [0.4, 0.5) is 0 Å². The third-order valence-corrected chi connectivity index (χ3v) is 4.34. The van der Waals surface area contributed by atoms with Crippen LogP contribution in [0, 0.1) is 17.8 Å². The maximum Gasteiger partial charge on any atom is 0.134 e. The predicted octanol–water partition coefficient (Wildman–Crippen LogP) is 3.95. The summed E-state index contributed by atoms with van der Waals surface area (Å²) in [5, 5.41) is 4.73. The van der Waals surface area contributed by atoms with Crippen molar-refractivity contribution in [2.75, 3.05) is 13.1 Å². The first kappa shape index (κ1) is 16.1. The monoisotopic (exact) mass is 288 g/mol. The number of benzene rings is 1. The molecule has 21 heavy (non-hydrogen) atoms. The molecule has 3 nitrogen and oxygen atoms in total. The average molecular weight is 288 g/mol. The molecule has 1 aromatic heterocycles. The Hall–Kier alpha value is -1.32. The molecule has 0 aliphatic carbocycles. The van der Waals surface area contributed by atoms with Gasteiger partial charge in [0.25, 0.3) is 0 Å². The standard InChI is InChI=1S/C18H28N2O/c1-12(2)15(13(3)4)11-20-16(10-19)18-9-14-7-5-6-8-17(14)21-18/h5-9,12-13,15-16,20H,10-11,19H2,1-4H3. The van der Waals surface area contributed by atoms with E-state index >= 15 is 0 Å². The van der Waals surface area contributed by atoms with E-state index in [1.807, 2.05) is 18.2 Å². The molecular formula is C18H28N2O. The maximum absolute atomic E-state index is 5.94. The van der Waals surface area contributed by atoms with Gasteiger partial charge in [-0.15, -0.1) is 0 Å². The molecule has 0 bridgehead atoms. The first-order valence-corrected chi connectivity index (χ1v) is 7.94. The topological polar surface area (TPSA) is 51.2 Å². The van der Waals surface area contributed by atoms with Crippen LogP contribution in [0.2, 0.25) is 0 Å². The van der Waals surface area contributed by atoms with Crippen molar-refractivity contribution in [2.24, 2.45) is 23.5 Å². The number of hydrogen-bond acceptors (Lipinski definition) is 3. The lowest BCUT2D eigenvalue weighted by atomic mass is 9.85. The van der Waals surface area contributed by atoms with Crippen LogP contribution in [-0.4, -0.2) is 13.1 Å². The number of hydrogen-bond donors (Lipinski definition) is 2. The fraction of sp³-hybridized carbons (Fsp3) is 0.556. The number of nitrogens with one attached hydrogen (secondary N) is 1. The minimum absolute atomic E-state index is 0.0809. The molecule has 1 unspecified atom stereocenters. The fourth-order valence-electron chi connectivity index (χ4n) is 2.99. The van der Waals surface area contributed by atoms with Crippen molar-refractivity contribution in [2.45, 2.75) is 33.7 Å². The van der Waals surface area contributed by atoms with E-state index in [1.54, 1.807) is 0 Å². The molecule has 1 atom stereocenters. The third kappa shape index (κ3) is 3.86. The Bertz CT molecular complexity index is 518. The highest BCUT2D eigenvalue weighted by molar-refractivity contribution is 5.77. The molecule has 116 valence electrons. The molecule has 0 saturated heterocycles. The molecule has 0 radical (unpaired) electrons. The van der Waals surface area contributed by atoms with Crippen LogP contribution in [0.1, 0.15) is 39.5 Å². The van der Waals surface area contributed by atoms with Gasteiger partial charge in [-0.3, -0.25) is 0 Å². The summed E-state index contributed by atoms with van der Waals surface area (Å²) >= 11 is 0. The Balaban J connectivity index is 2.09. The Morgan fingerprint density at radius 3 is 2.33 bits per heavy atom. The van der Waals surface area contributed by atoms with Crippen molar-refractivity contribution >= 4 is 11.0 Å². The summed E-state index contributed by atoms with van der Waals surface area (Å²) in [6.45, 7) is 10.6. The number of nitrogens with two attached hydrogens (primary N) is 1. The number of rotatable bonds is 7. The number of para-hydroxylation sites is 1. The van der Waals surface area contributed by atoms with Gasteiger partial charge in [-0.25, -0.2) is 0 Å². The smallest absolute Gasteiger partial charge is 0.134 e. The van der Waals surface area contributed by atoms with Crippen LogP contribution in [0.5, 0.6) is 0 Å². The largest absolute Gasteiger partial charge is 0.459 e. The molecule has 1 aromatic carbocycles. The molecular weight excluding hydrogens is 260 g/mol. The summed E-state index contributed by atoms with van der Waals surface area (Å²) in [5.74, 6) is 2.89. The van der Waals surface area contributed by atoms with Gasteiger partial charge in [0.05, 0.1) is 6.04 Å². The zero-order valence-electron chi connectivity index (χ0n) is 13.6.